The van der Waals surface area contributed by atoms with E-state index in [-0.39, 0.29) is 0 Å². The van der Waals surface area contributed by atoms with Gasteiger partial charge in [-0.05, 0) is 0 Å². The van der Waals surface area contributed by atoms with Gasteiger partial charge in [0.25, 0.3) is 0 Å². The minimum atomic E-state index is -3.00. The van der Waals surface area contributed by atoms with Gasteiger partial charge in [0.2, 0.25) is 0 Å². The standard InChI is InChI=1S/C13H19O3P/c1-3-17(14,10-4-5-11-17)16-13-8-6-12(15-2)7-9-13/h4-9,14H,3,10-11H2,1-2H3. The van der Waals surface area contributed by atoms with Crippen molar-refractivity contribution in [1.82, 2.24) is 0 Å². The van der Waals surface area contributed by atoms with Gasteiger partial charge in [-0.2, -0.15) is 0 Å². The molecule has 0 unspecified atom stereocenters. The molecule has 0 bridgehead atoms. The normalized spacial score (nSPS) is 22.6. The van der Waals surface area contributed by atoms with Crippen molar-refractivity contribution in [3.05, 3.63) is 36.4 Å². The van der Waals surface area contributed by atoms with Crippen LogP contribution in [-0.4, -0.2) is 30.5 Å². The Morgan fingerprint density at radius 1 is 1.12 bits per heavy atom. The van der Waals surface area contributed by atoms with Crippen molar-refractivity contribution < 1.29 is 14.2 Å². The van der Waals surface area contributed by atoms with Crippen molar-refractivity contribution in [3.8, 4) is 11.5 Å². The van der Waals surface area contributed by atoms with E-state index in [1.165, 1.54) is 0 Å². The van der Waals surface area contributed by atoms with Crippen LogP contribution in [0.2, 0.25) is 0 Å². The predicted molar refractivity (Wildman–Crippen MR) is 72.2 cm³/mol. The quantitative estimate of drug-likeness (QED) is 0.663. The van der Waals surface area contributed by atoms with Crippen LogP contribution >= 0.6 is 7.06 Å². The molecule has 1 N–H and O–H groups in total. The second-order valence-electron chi connectivity index (χ2n) is 4.48. The topological polar surface area (TPSA) is 38.7 Å². The van der Waals surface area contributed by atoms with Crippen molar-refractivity contribution in [2.45, 2.75) is 6.92 Å². The molecule has 0 atom stereocenters. The van der Waals surface area contributed by atoms with Gasteiger partial charge in [-0.3, -0.25) is 0 Å². The average Bonchev–Trinajstić information content (AvgIpc) is 2.75. The third-order valence-electron chi connectivity index (χ3n) is 3.32. The van der Waals surface area contributed by atoms with Gasteiger partial charge in [0.15, 0.2) is 0 Å². The molecular formula is C13H19O3P. The Balaban J connectivity index is 2.19. The van der Waals surface area contributed by atoms with Gasteiger partial charge >= 0.3 is 102 Å². The molecule has 3 nitrogen and oxygen atoms in total. The van der Waals surface area contributed by atoms with E-state index in [0.717, 1.165) is 11.5 Å². The summed E-state index contributed by atoms with van der Waals surface area (Å²) in [6, 6.07) is 7.38. The van der Waals surface area contributed by atoms with Crippen LogP contribution in [0.3, 0.4) is 0 Å². The number of benzene rings is 1. The fourth-order valence-corrected chi connectivity index (χ4v) is 4.87. The van der Waals surface area contributed by atoms with Gasteiger partial charge in [-0.25, -0.2) is 0 Å². The number of hydrogen-bond donors (Lipinski definition) is 1. The van der Waals surface area contributed by atoms with Crippen molar-refractivity contribution >= 4 is 7.06 Å². The van der Waals surface area contributed by atoms with Crippen LogP contribution in [0.1, 0.15) is 6.92 Å². The Morgan fingerprint density at radius 2 is 1.65 bits per heavy atom. The van der Waals surface area contributed by atoms with Gasteiger partial charge in [0, 0.05) is 0 Å². The SMILES string of the molecule is CCP1(O)(Oc2ccc(OC)cc2)CC=CC1. The Kier molecular flexibility index (Phi) is 3.15. The number of hydrogen-bond acceptors (Lipinski definition) is 3. The third kappa shape index (κ3) is 2.46. The van der Waals surface area contributed by atoms with Gasteiger partial charge in [0.05, 0.1) is 0 Å². The van der Waals surface area contributed by atoms with E-state index in [9.17, 15) is 4.89 Å². The van der Waals surface area contributed by atoms with E-state index in [1.54, 1.807) is 7.11 Å². The molecule has 1 aliphatic heterocycles. The average molecular weight is 254 g/mol. The summed E-state index contributed by atoms with van der Waals surface area (Å²) in [5, 5.41) is 0. The molecule has 0 amide bonds. The van der Waals surface area contributed by atoms with Crippen LogP contribution in [0.15, 0.2) is 36.4 Å². The van der Waals surface area contributed by atoms with E-state index in [0.29, 0.717) is 18.5 Å². The molecule has 4 heteroatoms. The fourth-order valence-electron chi connectivity index (χ4n) is 2.01. The van der Waals surface area contributed by atoms with Gasteiger partial charge < -0.3 is 0 Å². The predicted octanol–water partition coefficient (Wildman–Crippen LogP) is 3.04. The summed E-state index contributed by atoms with van der Waals surface area (Å²) in [7, 11) is -1.37. The van der Waals surface area contributed by atoms with E-state index >= 15 is 0 Å². The minimum absolute atomic E-state index is 0.661. The number of ether oxygens (including phenoxy) is 1. The summed E-state index contributed by atoms with van der Waals surface area (Å²) < 4.78 is 11.1. The number of rotatable bonds is 4. The molecule has 17 heavy (non-hydrogen) atoms. The Bertz CT molecular complexity index is 417. The van der Waals surface area contributed by atoms with Crippen LogP contribution in [0.4, 0.5) is 0 Å². The van der Waals surface area contributed by atoms with E-state index in [4.69, 9.17) is 9.26 Å². The van der Waals surface area contributed by atoms with Crippen LogP contribution in [0.25, 0.3) is 0 Å². The fraction of sp³-hybridized carbons (Fsp3) is 0.385. The summed E-state index contributed by atoms with van der Waals surface area (Å²) in [5.74, 6) is 1.51. The van der Waals surface area contributed by atoms with E-state index in [2.05, 4.69) is 0 Å². The molecule has 1 aliphatic rings. The molecular weight excluding hydrogens is 235 g/mol. The first-order valence-corrected chi connectivity index (χ1v) is 8.49. The van der Waals surface area contributed by atoms with Crippen molar-refractivity contribution in [2.24, 2.45) is 0 Å². The van der Waals surface area contributed by atoms with E-state index < -0.39 is 7.06 Å². The molecule has 1 aromatic carbocycles. The van der Waals surface area contributed by atoms with Crippen molar-refractivity contribution in [2.75, 3.05) is 25.6 Å². The Labute approximate surface area is 102 Å². The molecule has 2 rings (SSSR count). The zero-order valence-electron chi connectivity index (χ0n) is 10.3. The van der Waals surface area contributed by atoms with Crippen LogP contribution in [0.5, 0.6) is 11.5 Å². The van der Waals surface area contributed by atoms with Crippen molar-refractivity contribution in [1.29, 1.82) is 0 Å². The summed E-state index contributed by atoms with van der Waals surface area (Å²) in [5.41, 5.74) is 0. The maximum absolute atomic E-state index is 10.9. The second kappa shape index (κ2) is 4.32. The van der Waals surface area contributed by atoms with Gasteiger partial charge in [-0.1, -0.05) is 0 Å². The molecule has 0 aromatic heterocycles. The third-order valence-corrected chi connectivity index (χ3v) is 7.52. The summed E-state index contributed by atoms with van der Waals surface area (Å²) in [6.45, 7) is 1.99. The zero-order valence-corrected chi connectivity index (χ0v) is 11.2. The first kappa shape index (κ1) is 12.4. The maximum atomic E-state index is 10.9. The molecule has 0 spiro atoms. The molecule has 0 saturated carbocycles. The van der Waals surface area contributed by atoms with Gasteiger partial charge in [-0.15, -0.1) is 0 Å². The molecule has 0 fully saturated rings. The molecule has 0 aliphatic carbocycles. The molecule has 1 aromatic rings. The van der Waals surface area contributed by atoms with Crippen LogP contribution in [-0.2, 0) is 0 Å². The molecule has 1 heterocycles. The van der Waals surface area contributed by atoms with E-state index in [1.807, 2.05) is 43.3 Å². The summed E-state index contributed by atoms with van der Waals surface area (Å²) in [4.78, 5) is 10.9. The monoisotopic (exact) mass is 254 g/mol. The Hall–Kier alpha value is -1.05. The first-order chi connectivity index (χ1) is 8.08. The van der Waals surface area contributed by atoms with Gasteiger partial charge in [0.1, 0.15) is 0 Å². The summed E-state index contributed by atoms with van der Waals surface area (Å²) >= 11 is 0. The first-order valence-electron chi connectivity index (χ1n) is 5.83. The molecule has 0 saturated heterocycles. The van der Waals surface area contributed by atoms with Crippen LogP contribution < -0.4 is 9.26 Å². The number of methoxy groups -OCH3 is 1. The summed E-state index contributed by atoms with van der Waals surface area (Å²) in [6.07, 6.45) is 6.04. The molecule has 0 radical (unpaired) electrons. The second-order valence-corrected chi connectivity index (χ2v) is 9.16. The van der Waals surface area contributed by atoms with Crippen LogP contribution in [0, 0.1) is 0 Å². The van der Waals surface area contributed by atoms with Crippen molar-refractivity contribution in [3.63, 3.8) is 0 Å². The zero-order chi connectivity index (χ0) is 12.4. The Morgan fingerprint density at radius 3 is 2.12 bits per heavy atom. The molecule has 94 valence electrons. The number of allylic oxidation sites excluding steroid dienone is 2.